The molecule has 1 aromatic heterocycles. The van der Waals surface area contributed by atoms with E-state index in [-0.39, 0.29) is 6.04 Å². The molecule has 0 fully saturated rings. The van der Waals surface area contributed by atoms with Gasteiger partial charge in [0.15, 0.2) is 0 Å². The van der Waals surface area contributed by atoms with E-state index in [2.05, 4.69) is 32.3 Å². The summed E-state index contributed by atoms with van der Waals surface area (Å²) >= 11 is 5.04. The number of aryl methyl sites for hydroxylation is 1. The summed E-state index contributed by atoms with van der Waals surface area (Å²) in [5, 5.41) is 15.5. The zero-order valence-corrected chi connectivity index (χ0v) is 12.5. The summed E-state index contributed by atoms with van der Waals surface area (Å²) in [7, 11) is 0. The summed E-state index contributed by atoms with van der Waals surface area (Å²) in [6.45, 7) is 4.03. The lowest BCUT2D eigenvalue weighted by atomic mass is 10.1. The van der Waals surface area contributed by atoms with Crippen LogP contribution in [-0.4, -0.2) is 4.98 Å². The summed E-state index contributed by atoms with van der Waals surface area (Å²) in [5.74, 6) is 0. The van der Waals surface area contributed by atoms with E-state index in [1.165, 1.54) is 0 Å². The summed E-state index contributed by atoms with van der Waals surface area (Å²) in [6.07, 6.45) is 0. The highest BCUT2D eigenvalue weighted by Gasteiger charge is 2.11. The largest absolute Gasteiger partial charge is 0.376 e. The predicted molar refractivity (Wildman–Crippen MR) is 77.7 cm³/mol. The topological polar surface area (TPSA) is 48.7 Å². The van der Waals surface area contributed by atoms with Gasteiger partial charge in [-0.05, 0) is 32.0 Å². The zero-order valence-electron chi connectivity index (χ0n) is 10.1. The van der Waals surface area contributed by atoms with E-state index < -0.39 is 0 Å². The van der Waals surface area contributed by atoms with Crippen LogP contribution < -0.4 is 5.32 Å². The van der Waals surface area contributed by atoms with Crippen molar-refractivity contribution in [3.63, 3.8) is 0 Å². The van der Waals surface area contributed by atoms with Crippen LogP contribution in [0.2, 0.25) is 0 Å². The van der Waals surface area contributed by atoms with Gasteiger partial charge in [-0.1, -0.05) is 15.9 Å². The van der Waals surface area contributed by atoms with E-state index in [1.807, 2.05) is 31.4 Å². The van der Waals surface area contributed by atoms with Crippen molar-refractivity contribution in [2.24, 2.45) is 0 Å². The van der Waals surface area contributed by atoms with Gasteiger partial charge in [-0.2, -0.15) is 5.26 Å². The molecular formula is C13H12BrN3S. The first kappa shape index (κ1) is 13.1. The molecular weight excluding hydrogens is 310 g/mol. The molecule has 1 unspecified atom stereocenters. The number of rotatable bonds is 3. The van der Waals surface area contributed by atoms with Gasteiger partial charge in [-0.3, -0.25) is 0 Å². The monoisotopic (exact) mass is 321 g/mol. The number of nitrogens with zero attached hydrogens (tertiary/aromatic N) is 2. The lowest BCUT2D eigenvalue weighted by molar-refractivity contribution is 0.844. The van der Waals surface area contributed by atoms with E-state index >= 15 is 0 Å². The molecule has 92 valence electrons. The highest BCUT2D eigenvalue weighted by Crippen LogP contribution is 2.26. The molecule has 0 radical (unpaired) electrons. The van der Waals surface area contributed by atoms with Gasteiger partial charge < -0.3 is 5.32 Å². The smallest absolute Gasteiger partial charge is 0.101 e. The molecule has 18 heavy (non-hydrogen) atoms. The Bertz CT molecular complexity index is 601. The molecule has 5 heteroatoms. The molecule has 0 amide bonds. The fraction of sp³-hybridized carbons (Fsp3) is 0.231. The van der Waals surface area contributed by atoms with Gasteiger partial charge in [0.25, 0.3) is 0 Å². The first-order chi connectivity index (χ1) is 8.60. The fourth-order valence-corrected chi connectivity index (χ4v) is 2.69. The predicted octanol–water partition coefficient (Wildman–Crippen LogP) is 4.26. The van der Waals surface area contributed by atoms with Crippen LogP contribution in [0, 0.1) is 18.3 Å². The molecule has 2 rings (SSSR count). The summed E-state index contributed by atoms with van der Waals surface area (Å²) in [5.41, 5.74) is 2.46. The Balaban J connectivity index is 2.24. The third kappa shape index (κ3) is 2.89. The highest BCUT2D eigenvalue weighted by molar-refractivity contribution is 9.10. The van der Waals surface area contributed by atoms with Crippen molar-refractivity contribution in [2.75, 3.05) is 5.32 Å². The van der Waals surface area contributed by atoms with Crippen LogP contribution in [-0.2, 0) is 0 Å². The minimum atomic E-state index is 0.0800. The number of nitrogens with one attached hydrogen (secondary N) is 1. The van der Waals surface area contributed by atoms with E-state index in [4.69, 9.17) is 5.26 Å². The maximum Gasteiger partial charge on any atom is 0.101 e. The Morgan fingerprint density at radius 1 is 1.50 bits per heavy atom. The molecule has 0 bridgehead atoms. The average molecular weight is 322 g/mol. The number of halogens is 1. The summed E-state index contributed by atoms with van der Waals surface area (Å²) in [4.78, 5) is 4.45. The van der Waals surface area contributed by atoms with Crippen molar-refractivity contribution in [2.45, 2.75) is 19.9 Å². The van der Waals surface area contributed by atoms with Crippen molar-refractivity contribution >= 4 is 33.0 Å². The average Bonchev–Trinajstić information content (AvgIpc) is 2.76. The molecule has 1 aromatic carbocycles. The quantitative estimate of drug-likeness (QED) is 0.918. The molecule has 1 N–H and O–H groups in total. The molecule has 1 atom stereocenters. The molecule has 0 aliphatic heterocycles. The van der Waals surface area contributed by atoms with Gasteiger partial charge in [-0.25, -0.2) is 4.98 Å². The van der Waals surface area contributed by atoms with Gasteiger partial charge in [0.1, 0.15) is 6.07 Å². The molecule has 0 saturated heterocycles. The van der Waals surface area contributed by atoms with Crippen molar-refractivity contribution in [3.05, 3.63) is 44.3 Å². The van der Waals surface area contributed by atoms with Crippen LogP contribution in [0.3, 0.4) is 0 Å². The normalized spacial score (nSPS) is 11.9. The minimum absolute atomic E-state index is 0.0800. The number of nitriles is 1. The van der Waals surface area contributed by atoms with E-state index in [0.717, 1.165) is 20.9 Å². The molecule has 0 aliphatic carbocycles. The number of anilines is 1. The second-order valence-corrected chi connectivity index (χ2v) is 5.94. The maximum atomic E-state index is 9.08. The summed E-state index contributed by atoms with van der Waals surface area (Å²) < 4.78 is 0.950. The van der Waals surface area contributed by atoms with Crippen molar-refractivity contribution < 1.29 is 0 Å². The van der Waals surface area contributed by atoms with E-state index in [9.17, 15) is 0 Å². The second kappa shape index (κ2) is 5.51. The Hall–Kier alpha value is -1.38. The standard InChI is InChI=1S/C13H12BrN3S/c1-8(13-7-18-9(2)17-13)16-12-5-11(14)4-3-10(12)6-15/h3-5,7-8,16H,1-2H3. The number of thiazole rings is 1. The second-order valence-electron chi connectivity index (χ2n) is 3.96. The third-order valence-corrected chi connectivity index (χ3v) is 3.84. The van der Waals surface area contributed by atoms with Gasteiger partial charge in [-0.15, -0.1) is 11.3 Å². The first-order valence-corrected chi connectivity index (χ1v) is 7.15. The van der Waals surface area contributed by atoms with Crippen molar-refractivity contribution in [1.82, 2.24) is 4.98 Å². The van der Waals surface area contributed by atoms with E-state index in [0.29, 0.717) is 5.56 Å². The number of benzene rings is 1. The highest BCUT2D eigenvalue weighted by atomic mass is 79.9. The molecule has 3 nitrogen and oxygen atoms in total. The van der Waals surface area contributed by atoms with Crippen LogP contribution in [0.5, 0.6) is 0 Å². The maximum absolute atomic E-state index is 9.08. The van der Waals surface area contributed by atoms with Crippen LogP contribution in [0.4, 0.5) is 5.69 Å². The minimum Gasteiger partial charge on any atom is -0.376 e. The van der Waals surface area contributed by atoms with Gasteiger partial charge in [0, 0.05) is 9.85 Å². The van der Waals surface area contributed by atoms with Crippen LogP contribution in [0.15, 0.2) is 28.1 Å². The van der Waals surface area contributed by atoms with Gasteiger partial charge >= 0.3 is 0 Å². The molecule has 0 saturated carbocycles. The van der Waals surface area contributed by atoms with Crippen LogP contribution in [0.1, 0.15) is 29.2 Å². The fourth-order valence-electron chi connectivity index (χ4n) is 1.62. The number of hydrogen-bond donors (Lipinski definition) is 1. The number of aromatic nitrogens is 1. The SMILES string of the molecule is Cc1nc(C(C)Nc2cc(Br)ccc2C#N)cs1. The van der Waals surface area contributed by atoms with Crippen LogP contribution in [0.25, 0.3) is 0 Å². The van der Waals surface area contributed by atoms with Gasteiger partial charge in [0.05, 0.1) is 28.0 Å². The number of hydrogen-bond acceptors (Lipinski definition) is 4. The molecule has 1 heterocycles. The van der Waals surface area contributed by atoms with Crippen LogP contribution >= 0.6 is 27.3 Å². The lowest BCUT2D eigenvalue weighted by Crippen LogP contribution is -2.08. The zero-order chi connectivity index (χ0) is 13.1. The molecule has 2 aromatic rings. The van der Waals surface area contributed by atoms with Crippen molar-refractivity contribution in [3.8, 4) is 6.07 Å². The van der Waals surface area contributed by atoms with Crippen molar-refractivity contribution in [1.29, 1.82) is 5.26 Å². The van der Waals surface area contributed by atoms with Gasteiger partial charge in [0.2, 0.25) is 0 Å². The Morgan fingerprint density at radius 2 is 2.28 bits per heavy atom. The Kier molecular flexibility index (Phi) is 4.00. The third-order valence-electron chi connectivity index (χ3n) is 2.55. The Labute approximate surface area is 119 Å². The molecule has 0 aliphatic rings. The lowest BCUT2D eigenvalue weighted by Gasteiger charge is -2.14. The Morgan fingerprint density at radius 3 is 2.89 bits per heavy atom. The molecule has 0 spiro atoms. The first-order valence-electron chi connectivity index (χ1n) is 5.48. The van der Waals surface area contributed by atoms with E-state index in [1.54, 1.807) is 17.4 Å². The summed E-state index contributed by atoms with van der Waals surface area (Å²) in [6, 6.07) is 7.83.